The van der Waals surface area contributed by atoms with E-state index in [2.05, 4.69) is 15.9 Å². The first-order valence-corrected chi connectivity index (χ1v) is 6.05. The molecule has 0 bridgehead atoms. The minimum Gasteiger partial charge on any atom is -0.467 e. The summed E-state index contributed by atoms with van der Waals surface area (Å²) in [6.45, 7) is 2.06. The molecule has 0 aliphatic heterocycles. The summed E-state index contributed by atoms with van der Waals surface area (Å²) in [5, 5.41) is 0.448. The van der Waals surface area contributed by atoms with E-state index in [9.17, 15) is 4.79 Å². The van der Waals surface area contributed by atoms with Crippen molar-refractivity contribution >= 4 is 33.5 Å². The molecule has 6 heteroatoms. The molecule has 0 heterocycles. The van der Waals surface area contributed by atoms with Gasteiger partial charge >= 0.3 is 5.97 Å². The Bertz CT molecular complexity index is 409. The lowest BCUT2D eigenvalue weighted by Crippen LogP contribution is -2.09. The highest BCUT2D eigenvalue weighted by Crippen LogP contribution is 2.31. The Balaban J connectivity index is 3.06. The maximum Gasteiger partial charge on any atom is 0.341 e. The van der Waals surface area contributed by atoms with Gasteiger partial charge in [-0.25, -0.2) is 4.79 Å². The van der Waals surface area contributed by atoms with Gasteiger partial charge in [0, 0.05) is 17.6 Å². The summed E-state index contributed by atoms with van der Waals surface area (Å²) in [5.41, 5.74) is 0.306. The number of halogens is 2. The van der Waals surface area contributed by atoms with Crippen molar-refractivity contribution in [3.63, 3.8) is 0 Å². The van der Waals surface area contributed by atoms with E-state index in [1.165, 1.54) is 13.2 Å². The van der Waals surface area contributed by atoms with E-state index in [1.54, 1.807) is 13.0 Å². The number of hydrogen-bond donors (Lipinski definition) is 0. The van der Waals surface area contributed by atoms with Gasteiger partial charge in [0.05, 0.1) is 11.6 Å². The Morgan fingerprint density at radius 2 is 2.18 bits per heavy atom. The van der Waals surface area contributed by atoms with Crippen LogP contribution in [0, 0.1) is 0 Å². The summed E-state index contributed by atoms with van der Waals surface area (Å²) in [6.07, 6.45) is 0. The molecular weight excluding hydrogens is 311 g/mol. The van der Waals surface area contributed by atoms with Crippen LogP contribution in [0.5, 0.6) is 5.75 Å². The van der Waals surface area contributed by atoms with Gasteiger partial charge < -0.3 is 14.2 Å². The molecule has 0 aliphatic carbocycles. The highest BCUT2D eigenvalue weighted by molar-refractivity contribution is 9.10. The van der Waals surface area contributed by atoms with Crippen molar-refractivity contribution in [2.45, 2.75) is 6.92 Å². The van der Waals surface area contributed by atoms with Crippen LogP contribution in [0.3, 0.4) is 0 Å². The third-order valence-corrected chi connectivity index (χ3v) is 3.05. The molecule has 4 nitrogen and oxygen atoms in total. The maximum absolute atomic E-state index is 11.7. The molecule has 0 unspecified atom stereocenters. The van der Waals surface area contributed by atoms with Gasteiger partial charge in [0.15, 0.2) is 6.79 Å². The van der Waals surface area contributed by atoms with Gasteiger partial charge in [-0.2, -0.15) is 0 Å². The average Bonchev–Trinajstić information content (AvgIpc) is 2.30. The van der Waals surface area contributed by atoms with Gasteiger partial charge in [0.25, 0.3) is 0 Å². The molecule has 0 saturated heterocycles. The summed E-state index contributed by atoms with van der Waals surface area (Å²) in [7, 11) is 1.49. The molecule has 0 saturated carbocycles. The lowest BCUT2D eigenvalue weighted by molar-refractivity contribution is 0.0438. The zero-order chi connectivity index (χ0) is 12.8. The monoisotopic (exact) mass is 322 g/mol. The molecule has 0 aliphatic rings. The Kier molecular flexibility index (Phi) is 5.74. The smallest absolute Gasteiger partial charge is 0.341 e. The molecule has 94 valence electrons. The van der Waals surface area contributed by atoms with Crippen LogP contribution in [0.2, 0.25) is 5.02 Å². The van der Waals surface area contributed by atoms with E-state index >= 15 is 0 Å². The van der Waals surface area contributed by atoms with E-state index in [1.807, 2.05) is 0 Å². The lowest BCUT2D eigenvalue weighted by atomic mass is 10.2. The average molecular weight is 324 g/mol. The van der Waals surface area contributed by atoms with Crippen LogP contribution in [-0.2, 0) is 9.47 Å². The number of benzene rings is 1. The van der Waals surface area contributed by atoms with Crippen molar-refractivity contribution in [1.82, 2.24) is 0 Å². The highest BCUT2D eigenvalue weighted by atomic mass is 79.9. The van der Waals surface area contributed by atoms with Gasteiger partial charge in [-0.1, -0.05) is 11.6 Å². The number of carbonyl (C=O) groups is 1. The fourth-order valence-electron chi connectivity index (χ4n) is 1.14. The van der Waals surface area contributed by atoms with E-state index in [0.29, 0.717) is 27.4 Å². The van der Waals surface area contributed by atoms with E-state index in [-0.39, 0.29) is 6.79 Å². The fraction of sp³-hybridized carbons (Fsp3) is 0.364. The summed E-state index contributed by atoms with van der Waals surface area (Å²) in [5.74, 6) is -0.130. The van der Waals surface area contributed by atoms with E-state index in [0.717, 1.165) is 0 Å². The molecule has 0 aromatic heterocycles. The lowest BCUT2D eigenvalue weighted by Gasteiger charge is -2.11. The summed E-state index contributed by atoms with van der Waals surface area (Å²) in [6, 6.07) is 3.10. The number of esters is 1. The molecule has 1 aromatic rings. The third-order valence-electron chi connectivity index (χ3n) is 1.85. The molecule has 17 heavy (non-hydrogen) atoms. The zero-order valence-corrected chi connectivity index (χ0v) is 11.8. The Morgan fingerprint density at radius 3 is 2.76 bits per heavy atom. The molecule has 0 N–H and O–H groups in total. The number of rotatable bonds is 5. The van der Waals surface area contributed by atoms with Crippen LogP contribution in [0.4, 0.5) is 0 Å². The SMILES string of the molecule is CCOC(=O)c1cc(Br)c(Cl)cc1OCOC. The normalized spacial score (nSPS) is 10.1. The topological polar surface area (TPSA) is 44.8 Å². The second-order valence-corrected chi connectivity index (χ2v) is 4.30. The Labute approximate surface area is 113 Å². The standard InChI is InChI=1S/C11H12BrClO4/c1-3-16-11(14)7-4-8(12)9(13)5-10(7)17-6-15-2/h4-5H,3,6H2,1-2H3. The number of ether oxygens (including phenoxy) is 3. The van der Waals surface area contributed by atoms with Crippen LogP contribution in [-0.4, -0.2) is 26.5 Å². The molecule has 0 atom stereocenters. The Morgan fingerprint density at radius 1 is 1.47 bits per heavy atom. The first kappa shape index (κ1) is 14.3. The molecule has 0 radical (unpaired) electrons. The summed E-state index contributed by atoms with van der Waals surface area (Å²) >= 11 is 9.17. The maximum atomic E-state index is 11.7. The quantitative estimate of drug-likeness (QED) is 0.616. The van der Waals surface area contributed by atoms with E-state index in [4.69, 9.17) is 25.8 Å². The van der Waals surface area contributed by atoms with Gasteiger partial charge in [-0.05, 0) is 28.9 Å². The van der Waals surface area contributed by atoms with Gasteiger partial charge in [-0.15, -0.1) is 0 Å². The minimum absolute atomic E-state index is 0.0321. The number of carbonyl (C=O) groups excluding carboxylic acids is 1. The zero-order valence-electron chi connectivity index (χ0n) is 9.46. The number of hydrogen-bond acceptors (Lipinski definition) is 4. The predicted molar refractivity (Wildman–Crippen MR) is 67.6 cm³/mol. The van der Waals surface area contributed by atoms with Crippen molar-refractivity contribution in [1.29, 1.82) is 0 Å². The Hall–Kier alpha value is -0.780. The van der Waals surface area contributed by atoms with Crippen molar-refractivity contribution in [2.24, 2.45) is 0 Å². The molecular formula is C11H12BrClO4. The highest BCUT2D eigenvalue weighted by Gasteiger charge is 2.16. The molecule has 0 fully saturated rings. The van der Waals surface area contributed by atoms with Crippen LogP contribution in [0.25, 0.3) is 0 Å². The van der Waals surface area contributed by atoms with Crippen molar-refractivity contribution in [3.05, 3.63) is 27.2 Å². The van der Waals surface area contributed by atoms with Crippen LogP contribution >= 0.6 is 27.5 Å². The first-order chi connectivity index (χ1) is 8.10. The van der Waals surface area contributed by atoms with Crippen LogP contribution in [0.1, 0.15) is 17.3 Å². The minimum atomic E-state index is -0.462. The van der Waals surface area contributed by atoms with Crippen LogP contribution in [0.15, 0.2) is 16.6 Å². The molecule has 1 rings (SSSR count). The van der Waals surface area contributed by atoms with Gasteiger partial charge in [0.2, 0.25) is 0 Å². The van der Waals surface area contributed by atoms with Gasteiger partial charge in [0.1, 0.15) is 11.3 Å². The largest absolute Gasteiger partial charge is 0.467 e. The number of methoxy groups -OCH3 is 1. The van der Waals surface area contributed by atoms with Crippen molar-refractivity contribution in [3.8, 4) is 5.75 Å². The van der Waals surface area contributed by atoms with Crippen molar-refractivity contribution < 1.29 is 19.0 Å². The second kappa shape index (κ2) is 6.83. The molecule has 0 spiro atoms. The van der Waals surface area contributed by atoms with E-state index < -0.39 is 5.97 Å². The predicted octanol–water partition coefficient (Wildman–Crippen LogP) is 3.26. The first-order valence-electron chi connectivity index (χ1n) is 4.88. The van der Waals surface area contributed by atoms with Crippen molar-refractivity contribution in [2.75, 3.05) is 20.5 Å². The fourth-order valence-corrected chi connectivity index (χ4v) is 1.64. The molecule has 0 amide bonds. The third kappa shape index (κ3) is 3.87. The summed E-state index contributed by atoms with van der Waals surface area (Å²) < 4.78 is 15.6. The molecule has 1 aromatic carbocycles. The van der Waals surface area contributed by atoms with Crippen LogP contribution < -0.4 is 4.74 Å². The second-order valence-electron chi connectivity index (χ2n) is 3.03. The van der Waals surface area contributed by atoms with Gasteiger partial charge in [-0.3, -0.25) is 0 Å². The summed E-state index contributed by atoms with van der Waals surface area (Å²) in [4.78, 5) is 11.7.